The van der Waals surface area contributed by atoms with Gasteiger partial charge in [0.2, 0.25) is 0 Å². The summed E-state index contributed by atoms with van der Waals surface area (Å²) in [7, 11) is 0. The summed E-state index contributed by atoms with van der Waals surface area (Å²) in [6.45, 7) is 16.0. The highest BCUT2D eigenvalue weighted by Crippen LogP contribution is 2.40. The van der Waals surface area contributed by atoms with Crippen LogP contribution in [0, 0.1) is 29.6 Å². The third-order valence-corrected chi connectivity index (χ3v) is 4.09. The SMILES string of the molecule is CC.CC(C)C1CC(C)C(C)C(C)C1. The monoisotopic (exact) mass is 198 g/mol. The lowest BCUT2D eigenvalue weighted by atomic mass is 9.67. The zero-order chi connectivity index (χ0) is 11.3. The summed E-state index contributed by atoms with van der Waals surface area (Å²) < 4.78 is 0. The van der Waals surface area contributed by atoms with Gasteiger partial charge in [0.15, 0.2) is 0 Å². The van der Waals surface area contributed by atoms with E-state index >= 15 is 0 Å². The Hall–Kier alpha value is 0. The summed E-state index contributed by atoms with van der Waals surface area (Å²) in [6, 6.07) is 0. The highest BCUT2D eigenvalue weighted by Gasteiger charge is 2.31. The van der Waals surface area contributed by atoms with E-state index in [1.165, 1.54) is 12.8 Å². The van der Waals surface area contributed by atoms with Gasteiger partial charge in [-0.05, 0) is 42.4 Å². The molecule has 1 aliphatic carbocycles. The molecule has 0 spiro atoms. The normalized spacial score (nSPS) is 37.7. The van der Waals surface area contributed by atoms with Gasteiger partial charge >= 0.3 is 0 Å². The lowest BCUT2D eigenvalue weighted by molar-refractivity contribution is 0.114. The molecule has 0 aliphatic heterocycles. The molecule has 0 radical (unpaired) electrons. The summed E-state index contributed by atoms with van der Waals surface area (Å²) in [5.74, 6) is 4.72. The number of hydrogen-bond donors (Lipinski definition) is 0. The van der Waals surface area contributed by atoms with Crippen LogP contribution in [0.4, 0.5) is 0 Å². The average Bonchev–Trinajstić information content (AvgIpc) is 2.16. The van der Waals surface area contributed by atoms with Gasteiger partial charge in [0, 0.05) is 0 Å². The van der Waals surface area contributed by atoms with Gasteiger partial charge in [-0.25, -0.2) is 0 Å². The summed E-state index contributed by atoms with van der Waals surface area (Å²) in [6.07, 6.45) is 2.92. The van der Waals surface area contributed by atoms with E-state index in [2.05, 4.69) is 34.6 Å². The van der Waals surface area contributed by atoms with Gasteiger partial charge in [0.25, 0.3) is 0 Å². The zero-order valence-electron chi connectivity index (χ0n) is 11.3. The first kappa shape index (κ1) is 14.0. The van der Waals surface area contributed by atoms with Gasteiger partial charge in [-0.3, -0.25) is 0 Å². The summed E-state index contributed by atoms with van der Waals surface area (Å²) >= 11 is 0. The molecule has 2 unspecified atom stereocenters. The van der Waals surface area contributed by atoms with Crippen molar-refractivity contribution in [1.82, 2.24) is 0 Å². The molecule has 14 heavy (non-hydrogen) atoms. The molecule has 1 aliphatic rings. The second-order valence-electron chi connectivity index (χ2n) is 5.29. The van der Waals surface area contributed by atoms with E-state index in [-0.39, 0.29) is 0 Å². The fraction of sp³-hybridized carbons (Fsp3) is 1.00. The quantitative estimate of drug-likeness (QED) is 0.557. The summed E-state index contributed by atoms with van der Waals surface area (Å²) in [4.78, 5) is 0. The van der Waals surface area contributed by atoms with Gasteiger partial charge in [-0.2, -0.15) is 0 Å². The molecule has 0 aromatic rings. The fourth-order valence-corrected chi connectivity index (χ4v) is 2.59. The van der Waals surface area contributed by atoms with Crippen molar-refractivity contribution in [2.24, 2.45) is 29.6 Å². The van der Waals surface area contributed by atoms with Crippen LogP contribution in [0.15, 0.2) is 0 Å². The van der Waals surface area contributed by atoms with Crippen molar-refractivity contribution in [2.75, 3.05) is 0 Å². The highest BCUT2D eigenvalue weighted by atomic mass is 14.4. The first-order valence-corrected chi connectivity index (χ1v) is 6.52. The first-order chi connectivity index (χ1) is 6.52. The van der Waals surface area contributed by atoms with Crippen LogP contribution >= 0.6 is 0 Å². The topological polar surface area (TPSA) is 0 Å². The van der Waals surface area contributed by atoms with Crippen molar-refractivity contribution in [2.45, 2.75) is 61.3 Å². The van der Waals surface area contributed by atoms with Gasteiger partial charge in [0.05, 0.1) is 0 Å². The summed E-state index contributed by atoms with van der Waals surface area (Å²) in [5.41, 5.74) is 0. The molecule has 1 rings (SSSR count). The Kier molecular flexibility index (Phi) is 6.48. The molecule has 0 nitrogen and oxygen atoms in total. The molecule has 86 valence electrons. The second kappa shape index (κ2) is 6.48. The third kappa shape index (κ3) is 3.63. The minimum Gasteiger partial charge on any atom is -0.0683 e. The molecule has 0 aromatic heterocycles. The smallest absolute Gasteiger partial charge is 0.0386 e. The van der Waals surface area contributed by atoms with E-state index in [0.717, 1.165) is 29.6 Å². The van der Waals surface area contributed by atoms with Crippen molar-refractivity contribution in [3.63, 3.8) is 0 Å². The van der Waals surface area contributed by atoms with E-state index in [1.807, 2.05) is 13.8 Å². The minimum atomic E-state index is 0.891. The Labute approximate surface area is 91.5 Å². The first-order valence-electron chi connectivity index (χ1n) is 6.52. The van der Waals surface area contributed by atoms with Gasteiger partial charge in [-0.1, -0.05) is 48.5 Å². The molecule has 0 heteroatoms. The van der Waals surface area contributed by atoms with E-state index in [1.54, 1.807) is 0 Å². The van der Waals surface area contributed by atoms with E-state index in [9.17, 15) is 0 Å². The Morgan fingerprint density at radius 1 is 0.857 bits per heavy atom. The largest absolute Gasteiger partial charge is 0.0683 e. The Balaban J connectivity index is 0.000000791. The molecule has 0 saturated heterocycles. The van der Waals surface area contributed by atoms with Crippen molar-refractivity contribution in [3.05, 3.63) is 0 Å². The Bertz CT molecular complexity index is 125. The van der Waals surface area contributed by atoms with Crippen molar-refractivity contribution in [1.29, 1.82) is 0 Å². The standard InChI is InChI=1S/C12H24.C2H6/c1-8(2)12-6-9(3)11(5)10(4)7-12;1-2/h8-12H,6-7H2,1-5H3;1-2H3. The molecular weight excluding hydrogens is 168 g/mol. The van der Waals surface area contributed by atoms with Crippen molar-refractivity contribution >= 4 is 0 Å². The van der Waals surface area contributed by atoms with Crippen LogP contribution in [-0.4, -0.2) is 0 Å². The van der Waals surface area contributed by atoms with Crippen LogP contribution in [0.2, 0.25) is 0 Å². The zero-order valence-corrected chi connectivity index (χ0v) is 11.3. The van der Waals surface area contributed by atoms with Gasteiger partial charge in [-0.15, -0.1) is 0 Å². The van der Waals surface area contributed by atoms with Crippen LogP contribution in [0.1, 0.15) is 61.3 Å². The van der Waals surface area contributed by atoms with Crippen molar-refractivity contribution in [3.8, 4) is 0 Å². The lowest BCUT2D eigenvalue weighted by Crippen LogP contribution is -2.30. The molecule has 0 bridgehead atoms. The molecule has 0 aromatic carbocycles. The van der Waals surface area contributed by atoms with E-state index in [0.29, 0.717) is 0 Å². The third-order valence-electron chi connectivity index (χ3n) is 4.09. The number of rotatable bonds is 1. The molecule has 2 atom stereocenters. The van der Waals surface area contributed by atoms with Crippen LogP contribution in [-0.2, 0) is 0 Å². The lowest BCUT2D eigenvalue weighted by Gasteiger charge is -2.39. The van der Waals surface area contributed by atoms with Crippen LogP contribution in [0.25, 0.3) is 0 Å². The Morgan fingerprint density at radius 2 is 1.21 bits per heavy atom. The van der Waals surface area contributed by atoms with Crippen LogP contribution in [0.3, 0.4) is 0 Å². The average molecular weight is 198 g/mol. The van der Waals surface area contributed by atoms with Crippen LogP contribution in [0.5, 0.6) is 0 Å². The molecular formula is C14H30. The van der Waals surface area contributed by atoms with Crippen LogP contribution < -0.4 is 0 Å². The molecule has 0 amide bonds. The van der Waals surface area contributed by atoms with Gasteiger partial charge < -0.3 is 0 Å². The Morgan fingerprint density at radius 3 is 1.50 bits per heavy atom. The van der Waals surface area contributed by atoms with E-state index in [4.69, 9.17) is 0 Å². The molecule has 1 fully saturated rings. The predicted octanol–water partition coefficient (Wildman–Crippen LogP) is 4.99. The summed E-state index contributed by atoms with van der Waals surface area (Å²) in [5, 5.41) is 0. The molecule has 0 heterocycles. The van der Waals surface area contributed by atoms with E-state index < -0.39 is 0 Å². The van der Waals surface area contributed by atoms with Crippen molar-refractivity contribution < 1.29 is 0 Å². The fourth-order valence-electron chi connectivity index (χ4n) is 2.59. The highest BCUT2D eigenvalue weighted by molar-refractivity contribution is 4.81. The maximum atomic E-state index is 2.43. The maximum absolute atomic E-state index is 2.43. The molecule has 1 saturated carbocycles. The predicted molar refractivity (Wildman–Crippen MR) is 66.4 cm³/mol. The van der Waals surface area contributed by atoms with Gasteiger partial charge in [0.1, 0.15) is 0 Å². The minimum absolute atomic E-state index is 0.891. The molecule has 0 N–H and O–H groups in total. The maximum Gasteiger partial charge on any atom is -0.0386 e. The second-order valence-corrected chi connectivity index (χ2v) is 5.29. The number of hydrogen-bond acceptors (Lipinski definition) is 0.